The maximum Gasteiger partial charge on any atom is 0.125 e. The minimum atomic E-state index is 0.425. The van der Waals surface area contributed by atoms with Gasteiger partial charge < -0.3 is 15.2 Å². The molecule has 0 aliphatic carbocycles. The third-order valence-electron chi connectivity index (χ3n) is 2.96. The molecule has 0 radical (unpaired) electrons. The molecule has 1 atom stereocenters. The second kappa shape index (κ2) is 5.75. The van der Waals surface area contributed by atoms with E-state index in [1.165, 1.54) is 11.1 Å². The molecule has 3 nitrogen and oxygen atoms in total. The smallest absolute Gasteiger partial charge is 0.125 e. The second-order valence-electron chi connectivity index (χ2n) is 4.02. The zero-order valence-electron chi connectivity index (χ0n) is 10.5. The summed E-state index contributed by atoms with van der Waals surface area (Å²) < 4.78 is 10.6. The number of methoxy groups -OCH3 is 2. The van der Waals surface area contributed by atoms with Crippen LogP contribution in [0, 0.1) is 6.92 Å². The van der Waals surface area contributed by atoms with Gasteiger partial charge in [-0.3, -0.25) is 0 Å². The Hall–Kier alpha value is -1.22. The molecule has 3 heteroatoms. The molecular formula is C13H21NO2. The maximum atomic E-state index is 5.60. The molecule has 1 aromatic rings. The number of ether oxygens (including phenoxy) is 2. The molecule has 0 aliphatic heterocycles. The highest BCUT2D eigenvalue weighted by atomic mass is 16.5. The van der Waals surface area contributed by atoms with Gasteiger partial charge in [0.15, 0.2) is 0 Å². The van der Waals surface area contributed by atoms with Crippen LogP contribution in [0.1, 0.15) is 30.4 Å². The van der Waals surface area contributed by atoms with Gasteiger partial charge in [-0.05, 0) is 43.0 Å². The Balaban J connectivity index is 3.15. The minimum Gasteiger partial charge on any atom is -0.497 e. The van der Waals surface area contributed by atoms with Crippen molar-refractivity contribution in [1.29, 1.82) is 0 Å². The fourth-order valence-electron chi connectivity index (χ4n) is 1.93. The van der Waals surface area contributed by atoms with Crippen molar-refractivity contribution in [2.24, 2.45) is 5.73 Å². The van der Waals surface area contributed by atoms with E-state index in [1.54, 1.807) is 14.2 Å². The first-order valence-corrected chi connectivity index (χ1v) is 5.56. The van der Waals surface area contributed by atoms with E-state index in [2.05, 4.69) is 19.9 Å². The third-order valence-corrected chi connectivity index (χ3v) is 2.96. The molecule has 0 bridgehead atoms. The van der Waals surface area contributed by atoms with Crippen LogP contribution >= 0.6 is 0 Å². The van der Waals surface area contributed by atoms with Crippen LogP contribution in [0.5, 0.6) is 11.5 Å². The first-order valence-electron chi connectivity index (χ1n) is 5.56. The number of benzene rings is 1. The molecule has 1 unspecified atom stereocenters. The summed E-state index contributed by atoms with van der Waals surface area (Å²) in [5.74, 6) is 2.13. The van der Waals surface area contributed by atoms with Gasteiger partial charge in [-0.2, -0.15) is 0 Å². The molecule has 0 saturated carbocycles. The normalized spacial score (nSPS) is 12.3. The number of hydrogen-bond donors (Lipinski definition) is 1. The van der Waals surface area contributed by atoms with Crippen LogP contribution in [0.2, 0.25) is 0 Å². The summed E-state index contributed by atoms with van der Waals surface area (Å²) in [5, 5.41) is 0. The van der Waals surface area contributed by atoms with E-state index >= 15 is 0 Å². The summed E-state index contributed by atoms with van der Waals surface area (Å²) in [6, 6.07) is 3.98. The van der Waals surface area contributed by atoms with E-state index in [9.17, 15) is 0 Å². The molecule has 16 heavy (non-hydrogen) atoms. The van der Waals surface area contributed by atoms with Crippen LogP contribution in [0.4, 0.5) is 0 Å². The number of nitrogens with two attached hydrogens (primary N) is 1. The van der Waals surface area contributed by atoms with Crippen molar-refractivity contribution >= 4 is 0 Å². The highest BCUT2D eigenvalue weighted by Crippen LogP contribution is 2.33. The van der Waals surface area contributed by atoms with Crippen molar-refractivity contribution in [1.82, 2.24) is 0 Å². The quantitative estimate of drug-likeness (QED) is 0.834. The van der Waals surface area contributed by atoms with Gasteiger partial charge in [-0.25, -0.2) is 0 Å². The Morgan fingerprint density at radius 3 is 2.44 bits per heavy atom. The first kappa shape index (κ1) is 12.8. The van der Waals surface area contributed by atoms with Gasteiger partial charge in [0.2, 0.25) is 0 Å². The topological polar surface area (TPSA) is 44.5 Å². The summed E-state index contributed by atoms with van der Waals surface area (Å²) in [4.78, 5) is 0. The molecule has 0 aliphatic rings. The van der Waals surface area contributed by atoms with E-state index in [-0.39, 0.29) is 0 Å². The summed E-state index contributed by atoms with van der Waals surface area (Å²) >= 11 is 0. The van der Waals surface area contributed by atoms with Gasteiger partial charge in [-0.15, -0.1) is 0 Å². The molecule has 2 N–H and O–H groups in total. The van der Waals surface area contributed by atoms with Crippen LogP contribution in [-0.2, 0) is 0 Å². The van der Waals surface area contributed by atoms with Crippen molar-refractivity contribution in [2.45, 2.75) is 26.2 Å². The van der Waals surface area contributed by atoms with Crippen molar-refractivity contribution < 1.29 is 9.47 Å². The highest BCUT2D eigenvalue weighted by molar-refractivity contribution is 5.47. The van der Waals surface area contributed by atoms with Crippen molar-refractivity contribution in [3.63, 3.8) is 0 Å². The predicted molar refractivity (Wildman–Crippen MR) is 66.4 cm³/mol. The Morgan fingerprint density at radius 2 is 1.94 bits per heavy atom. The summed E-state index contributed by atoms with van der Waals surface area (Å²) in [6.07, 6.45) is 0.969. The summed E-state index contributed by atoms with van der Waals surface area (Å²) in [7, 11) is 3.35. The average Bonchev–Trinajstić information content (AvgIpc) is 2.29. The SMILES string of the molecule is COc1cc(OC)c(C)c(C(C)CCN)c1. The molecule has 0 saturated heterocycles. The van der Waals surface area contributed by atoms with E-state index in [0.29, 0.717) is 12.5 Å². The lowest BCUT2D eigenvalue weighted by atomic mass is 9.93. The fraction of sp³-hybridized carbons (Fsp3) is 0.538. The van der Waals surface area contributed by atoms with E-state index in [4.69, 9.17) is 15.2 Å². The molecule has 1 aromatic carbocycles. The Labute approximate surface area is 97.6 Å². The van der Waals surface area contributed by atoms with Crippen LogP contribution in [-0.4, -0.2) is 20.8 Å². The Morgan fingerprint density at radius 1 is 1.25 bits per heavy atom. The highest BCUT2D eigenvalue weighted by Gasteiger charge is 2.13. The molecule has 1 rings (SSSR count). The summed E-state index contributed by atoms with van der Waals surface area (Å²) in [5.41, 5.74) is 8.02. The molecule has 0 amide bonds. The Bertz CT molecular complexity index is 350. The van der Waals surface area contributed by atoms with Gasteiger partial charge in [-0.1, -0.05) is 6.92 Å². The molecule has 0 fully saturated rings. The van der Waals surface area contributed by atoms with E-state index in [0.717, 1.165) is 17.9 Å². The van der Waals surface area contributed by atoms with Crippen LogP contribution in [0.3, 0.4) is 0 Å². The van der Waals surface area contributed by atoms with Crippen molar-refractivity contribution in [3.8, 4) is 11.5 Å². The van der Waals surface area contributed by atoms with Gasteiger partial charge >= 0.3 is 0 Å². The largest absolute Gasteiger partial charge is 0.497 e. The molecule has 0 spiro atoms. The summed E-state index contributed by atoms with van der Waals surface area (Å²) in [6.45, 7) is 4.94. The lowest BCUT2D eigenvalue weighted by molar-refractivity contribution is 0.390. The Kier molecular flexibility index (Phi) is 4.62. The molecule has 0 heterocycles. The van der Waals surface area contributed by atoms with E-state index < -0.39 is 0 Å². The van der Waals surface area contributed by atoms with Crippen molar-refractivity contribution in [2.75, 3.05) is 20.8 Å². The van der Waals surface area contributed by atoms with E-state index in [1.807, 2.05) is 6.07 Å². The molecule has 0 aromatic heterocycles. The molecule has 90 valence electrons. The fourth-order valence-corrected chi connectivity index (χ4v) is 1.93. The van der Waals surface area contributed by atoms with Crippen LogP contribution < -0.4 is 15.2 Å². The first-order chi connectivity index (χ1) is 7.63. The van der Waals surface area contributed by atoms with Gasteiger partial charge in [0.05, 0.1) is 14.2 Å². The van der Waals surface area contributed by atoms with Crippen molar-refractivity contribution in [3.05, 3.63) is 23.3 Å². The molecular weight excluding hydrogens is 202 g/mol. The van der Waals surface area contributed by atoms with Crippen LogP contribution in [0.25, 0.3) is 0 Å². The second-order valence-corrected chi connectivity index (χ2v) is 4.02. The number of rotatable bonds is 5. The van der Waals surface area contributed by atoms with Crippen LogP contribution in [0.15, 0.2) is 12.1 Å². The monoisotopic (exact) mass is 223 g/mol. The number of hydrogen-bond acceptors (Lipinski definition) is 3. The predicted octanol–water partition coefficient (Wildman–Crippen LogP) is 2.46. The van der Waals surface area contributed by atoms with Gasteiger partial charge in [0, 0.05) is 6.07 Å². The average molecular weight is 223 g/mol. The van der Waals surface area contributed by atoms with Gasteiger partial charge in [0.1, 0.15) is 11.5 Å². The standard InChI is InChI=1S/C13H21NO2/c1-9(5-6-14)12-7-11(15-3)8-13(16-4)10(12)2/h7-9H,5-6,14H2,1-4H3. The third kappa shape index (κ3) is 2.67. The van der Waals surface area contributed by atoms with Gasteiger partial charge in [0.25, 0.3) is 0 Å². The zero-order valence-corrected chi connectivity index (χ0v) is 10.5. The lowest BCUT2D eigenvalue weighted by Gasteiger charge is -2.17. The maximum absolute atomic E-state index is 5.60. The minimum absolute atomic E-state index is 0.425. The lowest BCUT2D eigenvalue weighted by Crippen LogP contribution is -2.06. The zero-order chi connectivity index (χ0) is 12.1.